The molecular weight excluding hydrogens is 516 g/mol. The van der Waals surface area contributed by atoms with Crippen molar-refractivity contribution in [2.45, 2.75) is 51.1 Å². The standard InChI is InChI=1S/C29H31F2N7O2/c1-17-15-36(16-22(17)32)27-19-14-33-37(18-6-3-2-4-7-18)25(19)12-10-23(27)34-29(40)24-11-13-26(39)38(35-24)28-20(30)8-5-9-21(28)31/h5,8-14,17-18,22H,2-4,6-7,15-16,32H2,1H3,(H,34,40)/t17-,22+/m1/s1. The molecule has 2 aromatic carbocycles. The average molecular weight is 548 g/mol. The molecule has 4 aromatic rings. The van der Waals surface area contributed by atoms with Gasteiger partial charge in [-0.05, 0) is 49.1 Å². The summed E-state index contributed by atoms with van der Waals surface area (Å²) in [7, 11) is 0. The quantitative estimate of drug-likeness (QED) is 0.383. The number of benzene rings is 2. The molecular formula is C29H31F2N7O2. The number of fused-ring (bicyclic) bond motifs is 1. The molecule has 9 nitrogen and oxygen atoms in total. The Balaban J connectivity index is 1.39. The number of aromatic nitrogens is 4. The van der Waals surface area contributed by atoms with Crippen LogP contribution in [0.5, 0.6) is 0 Å². The maximum Gasteiger partial charge on any atom is 0.276 e. The predicted octanol–water partition coefficient (Wildman–Crippen LogP) is 4.40. The Morgan fingerprint density at radius 3 is 2.45 bits per heavy atom. The van der Waals surface area contributed by atoms with Gasteiger partial charge in [-0.1, -0.05) is 32.3 Å². The van der Waals surface area contributed by atoms with Gasteiger partial charge < -0.3 is 16.0 Å². The molecule has 0 unspecified atom stereocenters. The average Bonchev–Trinajstić information content (AvgIpc) is 3.52. The number of hydrogen-bond acceptors (Lipinski definition) is 6. The Hall–Kier alpha value is -4.12. The number of nitrogens with zero attached hydrogens (tertiary/aromatic N) is 5. The predicted molar refractivity (Wildman–Crippen MR) is 149 cm³/mol. The van der Waals surface area contributed by atoms with Crippen LogP contribution in [0.2, 0.25) is 0 Å². The second-order valence-corrected chi connectivity index (χ2v) is 10.8. The summed E-state index contributed by atoms with van der Waals surface area (Å²) in [5, 5.41) is 12.6. The molecule has 1 aliphatic heterocycles. The summed E-state index contributed by atoms with van der Waals surface area (Å²) in [4.78, 5) is 28.0. The first-order chi connectivity index (χ1) is 19.3. The number of amides is 1. The highest BCUT2D eigenvalue weighted by Crippen LogP contribution is 2.40. The normalized spacial score (nSPS) is 19.9. The van der Waals surface area contributed by atoms with E-state index in [1.165, 1.54) is 31.4 Å². The van der Waals surface area contributed by atoms with E-state index in [9.17, 15) is 18.4 Å². The highest BCUT2D eigenvalue weighted by atomic mass is 19.1. The van der Waals surface area contributed by atoms with Gasteiger partial charge in [0, 0.05) is 30.6 Å². The van der Waals surface area contributed by atoms with Crippen molar-refractivity contribution in [3.8, 4) is 5.69 Å². The SMILES string of the molecule is C[C@@H]1CN(c2c(NC(=O)c3ccc(=O)n(-c4c(F)cccc4F)n3)ccc3c2cnn3C2CCCCC2)C[C@@H]1N. The van der Waals surface area contributed by atoms with Crippen LogP contribution in [0.3, 0.4) is 0 Å². The van der Waals surface area contributed by atoms with E-state index >= 15 is 0 Å². The number of nitrogens with two attached hydrogens (primary N) is 1. The molecule has 2 atom stereocenters. The Labute approximate surface area is 229 Å². The van der Waals surface area contributed by atoms with E-state index in [4.69, 9.17) is 10.8 Å². The fourth-order valence-electron chi connectivity index (χ4n) is 5.91. The fourth-order valence-corrected chi connectivity index (χ4v) is 5.91. The number of halogens is 2. The van der Waals surface area contributed by atoms with Crippen molar-refractivity contribution in [1.82, 2.24) is 19.6 Å². The van der Waals surface area contributed by atoms with Crippen LogP contribution < -0.4 is 21.5 Å². The van der Waals surface area contributed by atoms with Crippen molar-refractivity contribution in [3.05, 3.63) is 76.3 Å². The molecule has 2 aliphatic rings. The highest BCUT2D eigenvalue weighted by Gasteiger charge is 2.31. The monoisotopic (exact) mass is 547 g/mol. The minimum Gasteiger partial charge on any atom is -0.367 e. The number of carbonyl (C=O) groups excluding carboxylic acids is 1. The van der Waals surface area contributed by atoms with E-state index in [-0.39, 0.29) is 17.7 Å². The van der Waals surface area contributed by atoms with E-state index in [1.807, 2.05) is 18.3 Å². The van der Waals surface area contributed by atoms with Crippen LogP contribution in [-0.2, 0) is 0 Å². The molecule has 1 amide bonds. The molecule has 0 spiro atoms. The van der Waals surface area contributed by atoms with Crippen LogP contribution in [0.1, 0.15) is 55.6 Å². The third-order valence-electron chi connectivity index (χ3n) is 8.09. The third-order valence-corrected chi connectivity index (χ3v) is 8.09. The summed E-state index contributed by atoms with van der Waals surface area (Å²) in [5.41, 5.74) is 7.15. The lowest BCUT2D eigenvalue weighted by Gasteiger charge is -2.25. The van der Waals surface area contributed by atoms with Crippen LogP contribution in [-0.4, -0.2) is 44.6 Å². The number of carbonyl (C=O) groups is 1. The van der Waals surface area contributed by atoms with Gasteiger partial charge in [0.1, 0.15) is 11.4 Å². The lowest BCUT2D eigenvalue weighted by atomic mass is 9.95. The lowest BCUT2D eigenvalue weighted by Crippen LogP contribution is -2.29. The van der Waals surface area contributed by atoms with Crippen LogP contribution in [0.15, 0.2) is 53.5 Å². The van der Waals surface area contributed by atoms with E-state index < -0.39 is 28.8 Å². The highest BCUT2D eigenvalue weighted by molar-refractivity contribution is 6.09. The molecule has 6 rings (SSSR count). The van der Waals surface area contributed by atoms with Gasteiger partial charge in [0.15, 0.2) is 11.6 Å². The summed E-state index contributed by atoms with van der Waals surface area (Å²) in [6, 6.07) is 9.65. The van der Waals surface area contributed by atoms with Crippen LogP contribution in [0.4, 0.5) is 20.2 Å². The summed E-state index contributed by atoms with van der Waals surface area (Å²) >= 11 is 0. The smallest absolute Gasteiger partial charge is 0.276 e. The lowest BCUT2D eigenvalue weighted by molar-refractivity contribution is 0.102. The molecule has 3 N–H and O–H groups in total. The van der Waals surface area contributed by atoms with Crippen molar-refractivity contribution in [2.75, 3.05) is 23.3 Å². The first-order valence-corrected chi connectivity index (χ1v) is 13.7. The Bertz CT molecular complexity index is 1610. The molecule has 0 bridgehead atoms. The Morgan fingerprint density at radius 2 is 1.75 bits per heavy atom. The Morgan fingerprint density at radius 1 is 1.00 bits per heavy atom. The van der Waals surface area contributed by atoms with Crippen molar-refractivity contribution in [1.29, 1.82) is 0 Å². The summed E-state index contributed by atoms with van der Waals surface area (Å²) < 4.78 is 31.5. The number of nitrogens with one attached hydrogen (secondary N) is 1. The van der Waals surface area contributed by atoms with Gasteiger partial charge in [-0.25, -0.2) is 8.78 Å². The largest absolute Gasteiger partial charge is 0.367 e. The van der Waals surface area contributed by atoms with Crippen LogP contribution >= 0.6 is 0 Å². The number of anilines is 2. The second kappa shape index (κ2) is 10.5. The molecule has 11 heteroatoms. The molecule has 1 aliphatic carbocycles. The summed E-state index contributed by atoms with van der Waals surface area (Å²) in [5.74, 6) is -2.29. The minimum absolute atomic E-state index is 0.0203. The molecule has 2 fully saturated rings. The number of rotatable bonds is 5. The van der Waals surface area contributed by atoms with Gasteiger partial charge in [0.25, 0.3) is 11.5 Å². The number of hydrogen-bond donors (Lipinski definition) is 2. The van der Waals surface area contributed by atoms with Gasteiger partial charge >= 0.3 is 0 Å². The topological polar surface area (TPSA) is 111 Å². The van der Waals surface area contributed by atoms with Gasteiger partial charge in [-0.3, -0.25) is 14.3 Å². The van der Waals surface area contributed by atoms with Crippen molar-refractivity contribution in [3.63, 3.8) is 0 Å². The van der Waals surface area contributed by atoms with Crippen LogP contribution in [0, 0.1) is 17.6 Å². The van der Waals surface area contributed by atoms with Gasteiger partial charge in [0.2, 0.25) is 0 Å². The fraction of sp³-hybridized carbons (Fsp3) is 0.379. The molecule has 2 aromatic heterocycles. The third kappa shape index (κ3) is 4.64. The minimum atomic E-state index is -0.964. The molecule has 40 heavy (non-hydrogen) atoms. The van der Waals surface area contributed by atoms with Gasteiger partial charge in [0.05, 0.1) is 29.1 Å². The summed E-state index contributed by atoms with van der Waals surface area (Å²) in [6.45, 7) is 3.43. The second-order valence-electron chi connectivity index (χ2n) is 10.8. The maximum atomic E-state index is 14.4. The van der Waals surface area contributed by atoms with Crippen LogP contribution in [0.25, 0.3) is 16.6 Å². The number of para-hydroxylation sites is 1. The molecule has 1 saturated heterocycles. The van der Waals surface area contributed by atoms with Crippen molar-refractivity contribution >= 4 is 28.2 Å². The molecule has 0 radical (unpaired) electrons. The maximum absolute atomic E-state index is 14.4. The van der Waals surface area contributed by atoms with Gasteiger partial charge in [-0.2, -0.15) is 14.9 Å². The van der Waals surface area contributed by atoms with E-state index in [1.54, 1.807) is 0 Å². The van der Waals surface area contributed by atoms with Crippen molar-refractivity contribution in [2.24, 2.45) is 11.7 Å². The zero-order valence-corrected chi connectivity index (χ0v) is 22.2. The molecule has 3 heterocycles. The van der Waals surface area contributed by atoms with Crippen molar-refractivity contribution < 1.29 is 13.6 Å². The first kappa shape index (κ1) is 26.1. The van der Waals surface area contributed by atoms with E-state index in [2.05, 4.69) is 26.9 Å². The zero-order chi connectivity index (χ0) is 28.0. The molecule has 1 saturated carbocycles. The Kier molecular flexibility index (Phi) is 6.83. The van der Waals surface area contributed by atoms with E-state index in [0.29, 0.717) is 29.5 Å². The molecule has 208 valence electrons. The zero-order valence-electron chi connectivity index (χ0n) is 22.2. The first-order valence-electron chi connectivity index (χ1n) is 13.7. The summed E-state index contributed by atoms with van der Waals surface area (Å²) in [6.07, 6.45) is 7.61. The van der Waals surface area contributed by atoms with Gasteiger partial charge in [-0.15, -0.1) is 0 Å². The van der Waals surface area contributed by atoms with E-state index in [0.717, 1.165) is 47.6 Å².